The average molecular weight is 863 g/mol. The number of anilines is 1. The third-order valence-corrected chi connectivity index (χ3v) is 18.2. The van der Waals surface area contributed by atoms with E-state index < -0.39 is 31.8 Å². The average Bonchev–Trinajstić information content (AvgIpc) is 3.94. The molecule has 59 heavy (non-hydrogen) atoms. The Morgan fingerprint density at radius 1 is 1.00 bits per heavy atom. The van der Waals surface area contributed by atoms with Gasteiger partial charge in [-0.05, 0) is 109 Å². The fourth-order valence-electron chi connectivity index (χ4n) is 7.21. The van der Waals surface area contributed by atoms with Crippen molar-refractivity contribution >= 4 is 59.5 Å². The largest absolute Gasteiger partial charge is 0.506 e. The number of aromatic amines is 1. The number of hydrogen-bond acceptors (Lipinski definition) is 11. The summed E-state index contributed by atoms with van der Waals surface area (Å²) in [5.74, 6) is -1.51. The van der Waals surface area contributed by atoms with Crippen LogP contribution in [0.3, 0.4) is 0 Å². The van der Waals surface area contributed by atoms with Gasteiger partial charge in [0.15, 0.2) is 8.32 Å². The lowest BCUT2D eigenvalue weighted by Gasteiger charge is -2.39. The monoisotopic (exact) mass is 862 g/mol. The highest BCUT2D eigenvalue weighted by atomic mass is 32.1. The van der Waals surface area contributed by atoms with Gasteiger partial charge < -0.3 is 39.9 Å². The van der Waals surface area contributed by atoms with Crippen molar-refractivity contribution in [3.05, 3.63) is 115 Å². The van der Waals surface area contributed by atoms with Gasteiger partial charge in [-0.3, -0.25) is 9.59 Å². The number of phenols is 1. The van der Waals surface area contributed by atoms with E-state index in [1.165, 1.54) is 34.8 Å². The van der Waals surface area contributed by atoms with Gasteiger partial charge in [0, 0.05) is 43.5 Å². The zero-order valence-electron chi connectivity index (χ0n) is 34.5. The highest BCUT2D eigenvalue weighted by Crippen LogP contribution is 2.42. The number of H-pyrrole nitrogens is 1. The Morgan fingerprint density at radius 2 is 1.68 bits per heavy atom. The van der Waals surface area contributed by atoms with E-state index in [-0.39, 0.29) is 46.5 Å². The van der Waals surface area contributed by atoms with E-state index in [0.717, 1.165) is 18.4 Å². The topological polar surface area (TPSA) is 153 Å². The molecule has 1 saturated carbocycles. The van der Waals surface area contributed by atoms with E-state index in [9.17, 15) is 24.6 Å². The number of aliphatic hydroxyl groups is 1. The van der Waals surface area contributed by atoms with Crippen LogP contribution in [0.1, 0.15) is 79.9 Å². The van der Waals surface area contributed by atoms with Crippen LogP contribution in [0.15, 0.2) is 82.3 Å². The number of pyridine rings is 1. The second-order valence-electron chi connectivity index (χ2n) is 16.9. The first kappa shape index (κ1) is 44.3. The van der Waals surface area contributed by atoms with E-state index >= 15 is 4.39 Å². The molecule has 1 amide bonds. The van der Waals surface area contributed by atoms with Gasteiger partial charge in [0.1, 0.15) is 17.7 Å². The molecule has 5 N–H and O–H groups in total. The van der Waals surface area contributed by atoms with Crippen molar-refractivity contribution in [3.8, 4) is 5.75 Å². The molecule has 0 saturated heterocycles. The number of thiophene rings is 2. The Hall–Kier alpha value is -4.22. The van der Waals surface area contributed by atoms with Crippen molar-refractivity contribution in [1.82, 2.24) is 15.2 Å². The number of carbonyl (C=O) groups excluding carboxylic acids is 2. The lowest BCUT2D eigenvalue weighted by Crippen LogP contribution is -2.43. The predicted octanol–water partition coefficient (Wildman–Crippen LogP) is 8.40. The van der Waals surface area contributed by atoms with E-state index in [2.05, 4.69) is 54.4 Å². The van der Waals surface area contributed by atoms with Gasteiger partial charge in [-0.25, -0.2) is 9.18 Å². The molecule has 1 atom stereocenters. The highest BCUT2D eigenvalue weighted by Gasteiger charge is 2.45. The minimum absolute atomic E-state index is 0.0228. The van der Waals surface area contributed by atoms with Gasteiger partial charge in [0.25, 0.3) is 0 Å². The van der Waals surface area contributed by atoms with Crippen LogP contribution >= 0.6 is 22.7 Å². The molecule has 6 rings (SSSR count). The zero-order chi connectivity index (χ0) is 42.5. The van der Waals surface area contributed by atoms with Crippen LogP contribution in [0.4, 0.5) is 10.1 Å². The summed E-state index contributed by atoms with van der Waals surface area (Å²) < 4.78 is 28.1. The molecule has 0 bridgehead atoms. The minimum atomic E-state index is -2.28. The molecule has 0 radical (unpaired) electrons. The Labute approximate surface area is 353 Å². The number of amides is 1. The number of aromatic nitrogens is 1. The van der Waals surface area contributed by atoms with Crippen LogP contribution in [0.2, 0.25) is 18.1 Å². The van der Waals surface area contributed by atoms with Gasteiger partial charge in [-0.2, -0.15) is 0 Å². The quantitative estimate of drug-likeness (QED) is 0.0487. The van der Waals surface area contributed by atoms with Crippen LogP contribution in [0, 0.1) is 5.82 Å². The second kappa shape index (κ2) is 18.6. The summed E-state index contributed by atoms with van der Waals surface area (Å²) in [5, 5.41) is 32.5. The summed E-state index contributed by atoms with van der Waals surface area (Å²) in [6, 6.07) is 18.5. The molecule has 0 unspecified atom stereocenters. The van der Waals surface area contributed by atoms with Crippen LogP contribution in [-0.4, -0.2) is 72.6 Å². The molecular weight excluding hydrogens is 808 g/mol. The molecule has 0 aliphatic heterocycles. The van der Waals surface area contributed by atoms with Gasteiger partial charge in [0.05, 0.1) is 27.1 Å². The van der Waals surface area contributed by atoms with Crippen molar-refractivity contribution in [1.29, 1.82) is 0 Å². The molecule has 1 aliphatic rings. The molecular formula is C44H55FN4O7S2Si. The lowest BCUT2D eigenvalue weighted by atomic mass is 9.91. The summed E-state index contributed by atoms with van der Waals surface area (Å²) in [6.07, 6.45) is 2.28. The number of rotatable bonds is 16. The van der Waals surface area contributed by atoms with E-state index in [1.807, 2.05) is 23.9 Å². The first-order valence-corrected chi connectivity index (χ1v) is 24.7. The Bertz CT molecular complexity index is 2230. The fourth-order valence-corrected chi connectivity index (χ4v) is 10.2. The highest BCUT2D eigenvalue weighted by molar-refractivity contribution is 7.12. The number of phenolic OH excluding ortho intramolecular Hbond substituents is 1. The summed E-state index contributed by atoms with van der Waals surface area (Å²) in [5.41, 5.74) is -0.175. The lowest BCUT2D eigenvalue weighted by molar-refractivity contribution is -0.169. The molecule has 316 valence electrons. The summed E-state index contributed by atoms with van der Waals surface area (Å²) in [4.78, 5) is 44.3. The van der Waals surface area contributed by atoms with Crippen molar-refractivity contribution in [2.45, 2.75) is 101 Å². The Kier molecular flexibility index (Phi) is 14.0. The third kappa shape index (κ3) is 10.4. The van der Waals surface area contributed by atoms with Crippen LogP contribution in [-0.2, 0) is 30.9 Å². The summed E-state index contributed by atoms with van der Waals surface area (Å²) in [7, 11) is -0.315. The standard InChI is InChI=1S/C44H55FN4O7S2Si/c1-43(2,3)59(5,6)56-36(31-16-19-35(50)41-32(31)17-20-39(51)48-41)27-46-26-28-11-18-34(33(45)25-28)47-40(52)21-22-49(4)29-12-14-30(15-13-29)55-42(53)44(54,37-9-7-23-57-37)38-10-8-24-58-38/h7-11,16-20,23-25,29-30,36,46,50,54H,12-15,21-22,26-27H2,1-6H3,(H,47,52)(H,48,51)/t29-,30-,36-/m0/s1. The summed E-state index contributed by atoms with van der Waals surface area (Å²) in [6.45, 7) is 12.0. The molecule has 5 aromatic rings. The number of nitrogens with zero attached hydrogens (tertiary/aromatic N) is 1. The number of benzene rings is 2. The van der Waals surface area contributed by atoms with E-state index in [4.69, 9.17) is 9.16 Å². The molecule has 0 spiro atoms. The molecule has 2 aromatic carbocycles. The maximum absolute atomic E-state index is 15.3. The number of carbonyl (C=O) groups is 2. The van der Waals surface area contributed by atoms with Crippen LogP contribution < -0.4 is 16.2 Å². The maximum Gasteiger partial charge on any atom is 0.349 e. The number of fused-ring (bicyclic) bond motifs is 1. The smallest absolute Gasteiger partial charge is 0.349 e. The molecule has 1 aliphatic carbocycles. The van der Waals surface area contributed by atoms with Crippen LogP contribution in [0.25, 0.3) is 10.9 Å². The molecule has 3 heterocycles. The Balaban J connectivity index is 0.985. The Morgan fingerprint density at radius 3 is 2.29 bits per heavy atom. The van der Waals surface area contributed by atoms with Crippen molar-refractivity contribution in [2.24, 2.45) is 0 Å². The first-order chi connectivity index (χ1) is 28.0. The second-order valence-corrected chi connectivity index (χ2v) is 23.5. The first-order valence-electron chi connectivity index (χ1n) is 20.0. The van der Waals surface area contributed by atoms with E-state index in [0.29, 0.717) is 58.7 Å². The molecule has 15 heteroatoms. The van der Waals surface area contributed by atoms with Gasteiger partial charge in [-0.1, -0.05) is 45.0 Å². The van der Waals surface area contributed by atoms with Crippen molar-refractivity contribution in [2.75, 3.05) is 25.5 Å². The van der Waals surface area contributed by atoms with Crippen molar-refractivity contribution in [3.63, 3.8) is 0 Å². The number of ether oxygens (including phenoxy) is 1. The normalized spacial score (nSPS) is 17.0. The van der Waals surface area contributed by atoms with Gasteiger partial charge >= 0.3 is 5.97 Å². The number of aromatic hydroxyl groups is 1. The van der Waals surface area contributed by atoms with Gasteiger partial charge in [0.2, 0.25) is 17.1 Å². The number of halogens is 1. The number of esters is 1. The maximum atomic E-state index is 15.3. The summed E-state index contributed by atoms with van der Waals surface area (Å²) >= 11 is 2.63. The van der Waals surface area contributed by atoms with E-state index in [1.54, 1.807) is 48.5 Å². The third-order valence-electron chi connectivity index (χ3n) is 11.7. The van der Waals surface area contributed by atoms with Crippen LogP contribution in [0.5, 0.6) is 5.75 Å². The number of hydrogen-bond donors (Lipinski definition) is 5. The van der Waals surface area contributed by atoms with Gasteiger partial charge in [-0.15, -0.1) is 22.7 Å². The molecule has 1 fully saturated rings. The molecule has 3 aromatic heterocycles. The number of nitrogens with one attached hydrogen (secondary N) is 3. The minimum Gasteiger partial charge on any atom is -0.506 e. The predicted molar refractivity (Wildman–Crippen MR) is 235 cm³/mol. The fraction of sp³-hybridized carbons (Fsp3) is 0.432. The van der Waals surface area contributed by atoms with Crippen molar-refractivity contribution < 1.29 is 33.4 Å². The SMILES string of the molecule is CN(CCC(=O)Nc1ccc(CNC[C@H](O[Si](C)(C)C(C)(C)C)c2ccc(O)c3[nH]c(=O)ccc23)cc1F)[C@H]1CC[C@H](OC(=O)C(O)(c2cccs2)c2cccs2)CC1. The molecule has 11 nitrogen and oxygen atoms in total. The zero-order valence-corrected chi connectivity index (χ0v) is 37.1.